The number of Topliss-reactive ketones (excluding diaryl/α,β-unsaturated/α-hetero) is 1. The maximum absolute atomic E-state index is 13.2. The summed E-state index contributed by atoms with van der Waals surface area (Å²) in [6.45, 7) is 2.51. The van der Waals surface area contributed by atoms with Crippen molar-refractivity contribution in [1.82, 2.24) is 4.90 Å². The first kappa shape index (κ1) is 20.4. The van der Waals surface area contributed by atoms with E-state index < -0.39 is 23.5 Å². The molecule has 2 aromatic rings. The van der Waals surface area contributed by atoms with E-state index in [-0.39, 0.29) is 16.9 Å². The maximum Gasteiger partial charge on any atom is 0.295 e. The number of methoxy groups -OCH3 is 1. The molecule has 7 heteroatoms. The Bertz CT molecular complexity index is 968. The van der Waals surface area contributed by atoms with E-state index in [0.29, 0.717) is 23.7 Å². The van der Waals surface area contributed by atoms with Crippen molar-refractivity contribution < 1.29 is 28.6 Å². The third-order valence-electron chi connectivity index (χ3n) is 4.76. The molecule has 0 spiro atoms. The predicted molar refractivity (Wildman–Crippen MR) is 105 cm³/mol. The van der Waals surface area contributed by atoms with Gasteiger partial charge >= 0.3 is 0 Å². The van der Waals surface area contributed by atoms with Gasteiger partial charge in [-0.25, -0.2) is 4.39 Å². The van der Waals surface area contributed by atoms with Gasteiger partial charge in [0.05, 0.1) is 25.3 Å². The first-order chi connectivity index (χ1) is 13.9. The molecule has 6 nitrogen and oxygen atoms in total. The number of carbonyl (C=O) groups is 2. The molecule has 3 rings (SSSR count). The number of benzene rings is 2. The van der Waals surface area contributed by atoms with Crippen LogP contribution >= 0.6 is 0 Å². The number of amides is 1. The second-order valence-electron chi connectivity index (χ2n) is 6.68. The van der Waals surface area contributed by atoms with Gasteiger partial charge in [0.2, 0.25) is 0 Å². The van der Waals surface area contributed by atoms with Crippen LogP contribution in [0.4, 0.5) is 4.39 Å². The molecule has 0 saturated carbocycles. The Labute approximate surface area is 168 Å². The Morgan fingerprint density at radius 1 is 1.14 bits per heavy atom. The lowest BCUT2D eigenvalue weighted by Crippen LogP contribution is -2.24. The van der Waals surface area contributed by atoms with Gasteiger partial charge in [0, 0.05) is 12.6 Å². The highest BCUT2D eigenvalue weighted by Gasteiger charge is 2.44. The summed E-state index contributed by atoms with van der Waals surface area (Å²) in [5, 5.41) is 10.7. The van der Waals surface area contributed by atoms with Crippen molar-refractivity contribution in [1.29, 1.82) is 0 Å². The smallest absolute Gasteiger partial charge is 0.295 e. The van der Waals surface area contributed by atoms with E-state index in [1.54, 1.807) is 18.2 Å². The number of carbonyl (C=O) groups excluding carboxylic acids is 2. The number of nitrogens with zero attached hydrogens (tertiary/aromatic N) is 1. The van der Waals surface area contributed by atoms with Crippen molar-refractivity contribution in [2.24, 2.45) is 0 Å². The average Bonchev–Trinajstić information content (AvgIpc) is 2.96. The average molecular weight is 399 g/mol. The van der Waals surface area contributed by atoms with E-state index in [1.807, 2.05) is 6.92 Å². The quantitative estimate of drug-likeness (QED) is 0.456. The third kappa shape index (κ3) is 3.81. The zero-order valence-electron chi connectivity index (χ0n) is 16.4. The number of halogens is 1. The molecule has 0 aliphatic carbocycles. The molecule has 152 valence electrons. The topological polar surface area (TPSA) is 76.1 Å². The second kappa shape index (κ2) is 8.34. The van der Waals surface area contributed by atoms with E-state index in [0.717, 1.165) is 6.42 Å². The van der Waals surface area contributed by atoms with Gasteiger partial charge in [-0.2, -0.15) is 0 Å². The van der Waals surface area contributed by atoms with Gasteiger partial charge in [0.25, 0.3) is 11.7 Å². The molecule has 1 aliphatic rings. The summed E-state index contributed by atoms with van der Waals surface area (Å²) in [4.78, 5) is 26.2. The SMILES string of the molecule is CCCOc1ccc(C2/C(=C(\O)c3ccc(F)cc3)C(=O)C(=O)N2C)cc1OC. The first-order valence-electron chi connectivity index (χ1n) is 9.20. The highest BCUT2D eigenvalue weighted by atomic mass is 19.1. The van der Waals surface area contributed by atoms with Crippen molar-refractivity contribution in [2.45, 2.75) is 19.4 Å². The lowest BCUT2D eigenvalue weighted by Gasteiger charge is -2.22. The summed E-state index contributed by atoms with van der Waals surface area (Å²) >= 11 is 0. The number of likely N-dealkylation sites (N-methyl/N-ethyl adjacent to an activating group) is 1. The molecule has 2 aromatic carbocycles. The number of ether oxygens (including phenoxy) is 2. The summed E-state index contributed by atoms with van der Waals surface area (Å²) in [6, 6.07) is 9.35. The summed E-state index contributed by atoms with van der Waals surface area (Å²) in [5.41, 5.74) is 0.766. The van der Waals surface area contributed by atoms with E-state index in [4.69, 9.17) is 9.47 Å². The monoisotopic (exact) mass is 399 g/mol. The minimum Gasteiger partial charge on any atom is -0.507 e. The fourth-order valence-corrected chi connectivity index (χ4v) is 3.29. The van der Waals surface area contributed by atoms with Crippen LogP contribution in [0.1, 0.15) is 30.5 Å². The molecule has 1 unspecified atom stereocenters. The summed E-state index contributed by atoms with van der Waals surface area (Å²) < 4.78 is 24.3. The molecule has 1 fully saturated rings. The van der Waals surface area contributed by atoms with E-state index in [1.165, 1.54) is 43.3 Å². The molecule has 1 N–H and O–H groups in total. The molecule has 1 atom stereocenters. The van der Waals surface area contributed by atoms with Gasteiger partial charge in [-0.15, -0.1) is 0 Å². The molecule has 0 radical (unpaired) electrons. The zero-order chi connectivity index (χ0) is 21.1. The molecule has 1 amide bonds. The van der Waals surface area contributed by atoms with Crippen molar-refractivity contribution >= 4 is 17.4 Å². The molecule has 1 aliphatic heterocycles. The van der Waals surface area contributed by atoms with Crippen LogP contribution in [-0.2, 0) is 9.59 Å². The van der Waals surface area contributed by atoms with Gasteiger partial charge in [0.15, 0.2) is 11.5 Å². The summed E-state index contributed by atoms with van der Waals surface area (Å²) in [5.74, 6) is -1.36. The van der Waals surface area contributed by atoms with Gasteiger partial charge in [-0.3, -0.25) is 9.59 Å². The zero-order valence-corrected chi connectivity index (χ0v) is 16.4. The standard InChI is InChI=1S/C22H22FNO5/c1-4-11-29-16-10-7-14(12-17(16)28-3)19-18(21(26)22(27)24(19)2)20(25)13-5-8-15(23)9-6-13/h5-10,12,19,25H,4,11H2,1-3H3/b20-18+. The Morgan fingerprint density at radius 3 is 2.45 bits per heavy atom. The number of aliphatic hydroxyl groups excluding tert-OH is 1. The fourth-order valence-electron chi connectivity index (χ4n) is 3.29. The van der Waals surface area contributed by atoms with Crippen LogP contribution in [0.15, 0.2) is 48.0 Å². The van der Waals surface area contributed by atoms with Crippen molar-refractivity contribution in [3.05, 3.63) is 65.0 Å². The van der Waals surface area contributed by atoms with Gasteiger partial charge < -0.3 is 19.5 Å². The molecule has 0 bridgehead atoms. The number of rotatable bonds is 6. The van der Waals surface area contributed by atoms with Crippen molar-refractivity contribution in [3.63, 3.8) is 0 Å². The summed E-state index contributed by atoms with van der Waals surface area (Å²) in [7, 11) is 2.99. The van der Waals surface area contributed by atoms with Crippen LogP contribution in [-0.4, -0.2) is 42.5 Å². The van der Waals surface area contributed by atoms with E-state index in [2.05, 4.69) is 0 Å². The van der Waals surface area contributed by atoms with Crippen LogP contribution in [0.5, 0.6) is 11.5 Å². The van der Waals surface area contributed by atoms with Crippen LogP contribution in [0.2, 0.25) is 0 Å². The first-order valence-corrected chi connectivity index (χ1v) is 9.20. The Morgan fingerprint density at radius 2 is 1.83 bits per heavy atom. The number of aliphatic hydroxyl groups is 1. The Hall–Kier alpha value is -3.35. The minimum atomic E-state index is -0.811. The molecular weight excluding hydrogens is 377 g/mol. The van der Waals surface area contributed by atoms with Crippen molar-refractivity contribution in [2.75, 3.05) is 20.8 Å². The molecule has 1 saturated heterocycles. The lowest BCUT2D eigenvalue weighted by atomic mass is 9.95. The second-order valence-corrected chi connectivity index (χ2v) is 6.68. The Balaban J connectivity index is 2.10. The van der Waals surface area contributed by atoms with Crippen LogP contribution < -0.4 is 9.47 Å². The number of hydrogen-bond donors (Lipinski definition) is 1. The molecular formula is C22H22FNO5. The van der Waals surface area contributed by atoms with Gasteiger partial charge in [-0.1, -0.05) is 13.0 Å². The number of hydrogen-bond acceptors (Lipinski definition) is 5. The largest absolute Gasteiger partial charge is 0.507 e. The molecule has 29 heavy (non-hydrogen) atoms. The van der Waals surface area contributed by atoms with Crippen LogP contribution in [0.25, 0.3) is 5.76 Å². The molecule has 1 heterocycles. The number of ketones is 1. The van der Waals surface area contributed by atoms with Gasteiger partial charge in [0.1, 0.15) is 11.6 Å². The van der Waals surface area contributed by atoms with Gasteiger partial charge in [-0.05, 0) is 48.4 Å². The normalized spacial score (nSPS) is 18.2. The number of likely N-dealkylation sites (tertiary alicyclic amines) is 1. The van der Waals surface area contributed by atoms with Crippen LogP contribution in [0.3, 0.4) is 0 Å². The summed E-state index contributed by atoms with van der Waals surface area (Å²) in [6.07, 6.45) is 0.831. The fraction of sp³-hybridized carbons (Fsp3) is 0.273. The highest BCUT2D eigenvalue weighted by molar-refractivity contribution is 6.46. The third-order valence-corrected chi connectivity index (χ3v) is 4.76. The Kier molecular flexibility index (Phi) is 5.87. The molecule has 0 aromatic heterocycles. The van der Waals surface area contributed by atoms with Crippen LogP contribution in [0, 0.1) is 5.82 Å². The maximum atomic E-state index is 13.2. The van der Waals surface area contributed by atoms with Crippen molar-refractivity contribution in [3.8, 4) is 11.5 Å². The predicted octanol–water partition coefficient (Wildman–Crippen LogP) is 3.67. The highest BCUT2D eigenvalue weighted by Crippen LogP contribution is 2.41. The van der Waals surface area contributed by atoms with E-state index in [9.17, 15) is 19.1 Å². The van der Waals surface area contributed by atoms with E-state index >= 15 is 0 Å². The lowest BCUT2D eigenvalue weighted by molar-refractivity contribution is -0.139. The minimum absolute atomic E-state index is 0.0617.